The zero-order valence-electron chi connectivity index (χ0n) is 20.0. The highest BCUT2D eigenvalue weighted by Crippen LogP contribution is 2.60. The van der Waals surface area contributed by atoms with Crippen LogP contribution in [-0.4, -0.2) is 66.8 Å². The van der Waals surface area contributed by atoms with Crippen molar-refractivity contribution in [2.75, 3.05) is 49.5 Å². The maximum Gasteiger partial charge on any atom is 0.238 e. The first-order valence-corrected chi connectivity index (χ1v) is 13.2. The quantitative estimate of drug-likeness (QED) is 0.727. The van der Waals surface area contributed by atoms with Gasteiger partial charge in [0.15, 0.2) is 0 Å². The van der Waals surface area contributed by atoms with Gasteiger partial charge in [-0.15, -0.1) is 0 Å². The summed E-state index contributed by atoms with van der Waals surface area (Å²) in [6.07, 6.45) is 8.88. The van der Waals surface area contributed by atoms with Crippen LogP contribution in [0.4, 0.5) is 11.4 Å². The number of hydrogen-bond acceptors (Lipinski definition) is 4. The van der Waals surface area contributed by atoms with E-state index in [1.807, 2.05) is 24.3 Å². The first kappa shape index (κ1) is 22.1. The number of nitrogens with zero attached hydrogens (tertiary/aromatic N) is 3. The average molecular weight is 465 g/mol. The van der Waals surface area contributed by atoms with Crippen molar-refractivity contribution in [3.8, 4) is 0 Å². The molecular weight excluding hydrogens is 428 g/mol. The van der Waals surface area contributed by atoms with Crippen LogP contribution in [0.3, 0.4) is 0 Å². The third-order valence-electron chi connectivity index (χ3n) is 9.03. The molecule has 4 saturated carbocycles. The number of nitrogens with one attached hydrogen (secondary N) is 1. The van der Waals surface area contributed by atoms with Gasteiger partial charge in [-0.1, -0.05) is 6.07 Å². The Morgan fingerprint density at radius 1 is 0.941 bits per heavy atom. The molecule has 6 fully saturated rings. The lowest BCUT2D eigenvalue weighted by Gasteiger charge is -2.57. The zero-order valence-corrected chi connectivity index (χ0v) is 20.0. The van der Waals surface area contributed by atoms with E-state index < -0.39 is 0 Å². The molecule has 6 aliphatic rings. The second-order valence-corrected chi connectivity index (χ2v) is 11.5. The summed E-state index contributed by atoms with van der Waals surface area (Å²) in [5.41, 5.74) is 1.49. The van der Waals surface area contributed by atoms with Crippen LogP contribution in [0.2, 0.25) is 0 Å². The van der Waals surface area contributed by atoms with Crippen LogP contribution in [-0.2, 0) is 14.4 Å². The first-order valence-electron chi connectivity index (χ1n) is 13.2. The molecule has 7 heteroatoms. The van der Waals surface area contributed by atoms with E-state index >= 15 is 0 Å². The lowest BCUT2D eigenvalue weighted by Crippen LogP contribution is -2.58. The predicted octanol–water partition coefficient (Wildman–Crippen LogP) is 3.11. The van der Waals surface area contributed by atoms with E-state index in [0.29, 0.717) is 18.9 Å². The molecular formula is C27H36N4O3. The van der Waals surface area contributed by atoms with E-state index in [4.69, 9.17) is 0 Å². The molecule has 1 aromatic carbocycles. The second kappa shape index (κ2) is 8.67. The van der Waals surface area contributed by atoms with Crippen molar-refractivity contribution in [3.63, 3.8) is 0 Å². The van der Waals surface area contributed by atoms with Crippen molar-refractivity contribution >= 4 is 29.1 Å². The van der Waals surface area contributed by atoms with Crippen molar-refractivity contribution in [1.82, 2.24) is 9.80 Å². The minimum atomic E-state index is -0.0734. The van der Waals surface area contributed by atoms with E-state index in [2.05, 4.69) is 15.1 Å². The summed E-state index contributed by atoms with van der Waals surface area (Å²) in [5, 5.41) is 2.99. The maximum absolute atomic E-state index is 13.6. The van der Waals surface area contributed by atoms with Gasteiger partial charge in [0, 0.05) is 50.5 Å². The summed E-state index contributed by atoms with van der Waals surface area (Å²) in [6, 6.07) is 7.54. The molecule has 0 atom stereocenters. The van der Waals surface area contributed by atoms with Gasteiger partial charge in [0.25, 0.3) is 0 Å². The molecule has 2 aliphatic heterocycles. The standard InChI is InChI=1S/C27H36N4O3/c32-24(28-22-3-1-4-23(14-22)31-6-2-5-25(31)33)18-29-7-9-30(10-8-29)26(34)27-15-19-11-20(16-27)13-21(12-19)17-27/h1,3-4,14,19-21H,2,5-13,15-18H2,(H,28,32). The Morgan fingerprint density at radius 3 is 2.24 bits per heavy atom. The number of benzene rings is 1. The molecule has 4 aliphatic carbocycles. The Kier molecular flexibility index (Phi) is 5.63. The Balaban J connectivity index is 1.01. The molecule has 2 saturated heterocycles. The fourth-order valence-corrected chi connectivity index (χ4v) is 7.89. The van der Waals surface area contributed by atoms with Crippen molar-refractivity contribution in [2.24, 2.45) is 23.2 Å². The smallest absolute Gasteiger partial charge is 0.238 e. The molecule has 0 aromatic heterocycles. The highest BCUT2D eigenvalue weighted by Gasteiger charge is 2.55. The van der Waals surface area contributed by atoms with E-state index in [1.165, 1.54) is 19.3 Å². The SMILES string of the molecule is O=C(CN1CCN(C(=O)C23CC4CC(CC(C4)C2)C3)CC1)Nc1cccc(N2CCCC2=O)c1. The number of amides is 3. The lowest BCUT2D eigenvalue weighted by molar-refractivity contribution is -0.159. The summed E-state index contributed by atoms with van der Waals surface area (Å²) in [7, 11) is 0. The maximum atomic E-state index is 13.6. The van der Waals surface area contributed by atoms with Crippen LogP contribution in [0.15, 0.2) is 24.3 Å². The molecule has 34 heavy (non-hydrogen) atoms. The monoisotopic (exact) mass is 464 g/mol. The van der Waals surface area contributed by atoms with Gasteiger partial charge in [0.2, 0.25) is 17.7 Å². The van der Waals surface area contributed by atoms with Gasteiger partial charge in [-0.3, -0.25) is 19.3 Å². The van der Waals surface area contributed by atoms with Crippen molar-refractivity contribution in [1.29, 1.82) is 0 Å². The molecule has 2 heterocycles. The van der Waals surface area contributed by atoms with E-state index in [1.54, 1.807) is 4.90 Å². The fraction of sp³-hybridized carbons (Fsp3) is 0.667. The Hall–Kier alpha value is -2.41. The topological polar surface area (TPSA) is 73.0 Å². The van der Waals surface area contributed by atoms with Gasteiger partial charge in [0.1, 0.15) is 0 Å². The Morgan fingerprint density at radius 2 is 1.62 bits per heavy atom. The molecule has 3 amide bonds. The molecule has 0 unspecified atom stereocenters. The van der Waals surface area contributed by atoms with Gasteiger partial charge in [-0.2, -0.15) is 0 Å². The molecule has 7 rings (SSSR count). The second-order valence-electron chi connectivity index (χ2n) is 11.5. The molecule has 4 bridgehead atoms. The van der Waals surface area contributed by atoms with E-state index in [9.17, 15) is 14.4 Å². The summed E-state index contributed by atoms with van der Waals surface area (Å²) < 4.78 is 0. The molecule has 1 aromatic rings. The molecule has 0 radical (unpaired) electrons. The Labute approximate surface area is 201 Å². The number of hydrogen-bond donors (Lipinski definition) is 1. The Bertz CT molecular complexity index is 949. The molecule has 7 nitrogen and oxygen atoms in total. The summed E-state index contributed by atoms with van der Waals surface area (Å²) >= 11 is 0. The van der Waals surface area contributed by atoms with Crippen LogP contribution in [0.1, 0.15) is 51.4 Å². The molecule has 1 N–H and O–H groups in total. The van der Waals surface area contributed by atoms with Crippen LogP contribution < -0.4 is 10.2 Å². The van der Waals surface area contributed by atoms with Crippen LogP contribution in [0.5, 0.6) is 0 Å². The minimum absolute atomic E-state index is 0.0502. The van der Waals surface area contributed by atoms with Crippen molar-refractivity contribution in [3.05, 3.63) is 24.3 Å². The van der Waals surface area contributed by atoms with Gasteiger partial charge < -0.3 is 15.1 Å². The largest absolute Gasteiger partial charge is 0.340 e. The van der Waals surface area contributed by atoms with E-state index in [0.717, 1.165) is 87.5 Å². The first-order chi connectivity index (χ1) is 16.5. The van der Waals surface area contributed by atoms with E-state index in [-0.39, 0.29) is 17.2 Å². The highest BCUT2D eigenvalue weighted by atomic mass is 16.2. The van der Waals surface area contributed by atoms with Crippen LogP contribution in [0.25, 0.3) is 0 Å². The number of piperazine rings is 1. The predicted molar refractivity (Wildman–Crippen MR) is 130 cm³/mol. The van der Waals surface area contributed by atoms with Gasteiger partial charge >= 0.3 is 0 Å². The molecule has 182 valence electrons. The van der Waals surface area contributed by atoms with Gasteiger partial charge in [0.05, 0.1) is 12.0 Å². The van der Waals surface area contributed by atoms with Gasteiger partial charge in [-0.05, 0) is 80.9 Å². The summed E-state index contributed by atoms with van der Waals surface area (Å²) in [4.78, 5) is 44.3. The van der Waals surface area contributed by atoms with Crippen LogP contribution >= 0.6 is 0 Å². The molecule has 0 spiro atoms. The third-order valence-corrected chi connectivity index (χ3v) is 9.03. The number of carbonyl (C=O) groups excluding carboxylic acids is 3. The lowest BCUT2D eigenvalue weighted by atomic mass is 9.49. The third kappa shape index (κ3) is 4.12. The average Bonchev–Trinajstić information content (AvgIpc) is 3.24. The summed E-state index contributed by atoms with van der Waals surface area (Å²) in [6.45, 7) is 4.00. The minimum Gasteiger partial charge on any atom is -0.340 e. The van der Waals surface area contributed by atoms with Gasteiger partial charge in [-0.25, -0.2) is 0 Å². The zero-order chi connectivity index (χ0) is 23.3. The number of rotatable bonds is 5. The number of anilines is 2. The normalized spacial score (nSPS) is 32.9. The fourth-order valence-electron chi connectivity index (χ4n) is 7.89. The van der Waals surface area contributed by atoms with Crippen LogP contribution in [0, 0.1) is 23.2 Å². The highest BCUT2D eigenvalue weighted by molar-refractivity contribution is 5.97. The van der Waals surface area contributed by atoms with Crippen molar-refractivity contribution < 1.29 is 14.4 Å². The summed E-state index contributed by atoms with van der Waals surface area (Å²) in [5.74, 6) is 2.84. The van der Waals surface area contributed by atoms with Crippen molar-refractivity contribution in [2.45, 2.75) is 51.4 Å². The number of carbonyl (C=O) groups is 3.